The number of benzene rings is 2. The zero-order valence-corrected chi connectivity index (χ0v) is 17.6. The van der Waals surface area contributed by atoms with Crippen LogP contribution in [0.15, 0.2) is 65.7 Å². The first kappa shape index (κ1) is 21.2. The highest BCUT2D eigenvalue weighted by atomic mass is 32.1. The van der Waals surface area contributed by atoms with E-state index in [1.54, 1.807) is 35.7 Å². The number of nitrogens with zero attached hydrogens (tertiary/aromatic N) is 3. The number of carbonyl (C=O) groups excluding carboxylic acids is 2. The third-order valence-corrected chi connectivity index (χ3v) is 5.68. The Morgan fingerprint density at radius 3 is 2.62 bits per heavy atom. The van der Waals surface area contributed by atoms with E-state index in [1.165, 1.54) is 24.4 Å². The van der Waals surface area contributed by atoms with E-state index in [0.29, 0.717) is 23.5 Å². The Bertz CT molecular complexity index is 1220. The van der Waals surface area contributed by atoms with Gasteiger partial charge in [-0.2, -0.15) is 0 Å². The number of hydrogen-bond donors (Lipinski definition) is 1. The first-order chi connectivity index (χ1) is 15.4. The molecule has 1 amide bonds. The monoisotopic (exact) mass is 451 g/mol. The lowest BCUT2D eigenvalue weighted by Crippen LogP contribution is -2.29. The topological polar surface area (TPSA) is 123 Å². The first-order valence-electron chi connectivity index (χ1n) is 9.60. The van der Waals surface area contributed by atoms with Crippen molar-refractivity contribution in [3.8, 4) is 5.75 Å². The quantitative estimate of drug-likeness (QED) is 0.197. The maximum atomic E-state index is 13.0. The molecule has 1 saturated heterocycles. The van der Waals surface area contributed by atoms with Crippen LogP contribution in [0.1, 0.15) is 24.1 Å². The second kappa shape index (κ2) is 8.60. The van der Waals surface area contributed by atoms with Gasteiger partial charge in [0.1, 0.15) is 11.5 Å². The maximum Gasteiger partial charge on any atom is 0.301 e. The molecular weight excluding hydrogens is 434 g/mol. The molecule has 1 N–H and O–H groups in total. The van der Waals surface area contributed by atoms with Crippen LogP contribution in [-0.4, -0.2) is 33.3 Å². The van der Waals surface area contributed by atoms with E-state index in [-0.39, 0.29) is 22.2 Å². The highest BCUT2D eigenvalue weighted by Crippen LogP contribution is 2.43. The summed E-state index contributed by atoms with van der Waals surface area (Å²) in [5.74, 6) is -1.57. The average molecular weight is 451 g/mol. The van der Waals surface area contributed by atoms with Gasteiger partial charge in [0, 0.05) is 29.3 Å². The molecule has 1 aliphatic heterocycles. The Kier molecular flexibility index (Phi) is 5.69. The normalized spacial score (nSPS) is 17.5. The molecular formula is C22H17N3O6S. The number of carbonyl (C=O) groups is 2. The van der Waals surface area contributed by atoms with Crippen LogP contribution in [-0.2, 0) is 9.59 Å². The molecule has 10 heteroatoms. The average Bonchev–Trinajstić information content (AvgIpc) is 3.41. The molecule has 1 aromatic heterocycles. The van der Waals surface area contributed by atoms with Crippen LogP contribution in [0.4, 0.5) is 10.8 Å². The van der Waals surface area contributed by atoms with Crippen molar-refractivity contribution in [2.45, 2.75) is 13.0 Å². The number of ketones is 1. The second-order valence-corrected chi connectivity index (χ2v) is 7.67. The molecule has 2 aromatic carbocycles. The lowest BCUT2D eigenvalue weighted by atomic mass is 9.95. The minimum Gasteiger partial charge on any atom is -0.507 e. The predicted octanol–water partition coefficient (Wildman–Crippen LogP) is 4.08. The summed E-state index contributed by atoms with van der Waals surface area (Å²) in [5, 5.41) is 24.2. The zero-order valence-electron chi connectivity index (χ0n) is 16.8. The van der Waals surface area contributed by atoms with Gasteiger partial charge in [-0.3, -0.25) is 24.6 Å². The van der Waals surface area contributed by atoms with Gasteiger partial charge in [-0.1, -0.05) is 12.1 Å². The molecule has 162 valence electrons. The Hall–Kier alpha value is -4.05. The van der Waals surface area contributed by atoms with E-state index >= 15 is 0 Å². The van der Waals surface area contributed by atoms with Gasteiger partial charge in [0.25, 0.3) is 11.5 Å². The molecule has 0 radical (unpaired) electrons. The predicted molar refractivity (Wildman–Crippen MR) is 118 cm³/mol. The van der Waals surface area contributed by atoms with E-state index in [4.69, 9.17) is 4.74 Å². The summed E-state index contributed by atoms with van der Waals surface area (Å²) >= 11 is 1.14. The van der Waals surface area contributed by atoms with Crippen molar-refractivity contribution in [2.24, 2.45) is 0 Å². The van der Waals surface area contributed by atoms with Crippen LogP contribution in [0.25, 0.3) is 5.76 Å². The van der Waals surface area contributed by atoms with Gasteiger partial charge in [0.15, 0.2) is 5.13 Å². The maximum absolute atomic E-state index is 13.0. The first-order valence-corrected chi connectivity index (χ1v) is 10.5. The number of Topliss-reactive ketones (excluding diaryl/α,β-unsaturated/α-hetero) is 1. The van der Waals surface area contributed by atoms with Gasteiger partial charge in [-0.05, 0) is 36.8 Å². The number of non-ortho nitro benzene ring substituents is 1. The van der Waals surface area contributed by atoms with Gasteiger partial charge in [0.05, 0.1) is 23.1 Å². The van der Waals surface area contributed by atoms with Crippen molar-refractivity contribution in [1.82, 2.24) is 4.98 Å². The Morgan fingerprint density at radius 2 is 2.00 bits per heavy atom. The fraction of sp³-hybridized carbons (Fsp3) is 0.136. The summed E-state index contributed by atoms with van der Waals surface area (Å²) in [4.78, 5) is 42.0. The highest BCUT2D eigenvalue weighted by molar-refractivity contribution is 7.14. The number of nitro groups is 1. The molecule has 0 saturated carbocycles. The third kappa shape index (κ3) is 3.71. The van der Waals surface area contributed by atoms with E-state index in [0.717, 1.165) is 16.2 Å². The standard InChI is InChI=1S/C22H17N3O6S/c1-2-31-16-8-6-13(7-9-16)19(26)17-18(14-4-3-5-15(12-14)25(29)30)24(21(28)20(17)27)22-23-10-11-32-22/h3-12,18,26H,2H2,1H3/b19-17+. The molecule has 4 rings (SSSR count). The number of nitro benzene ring substituents is 1. The summed E-state index contributed by atoms with van der Waals surface area (Å²) in [6, 6.07) is 11.0. The van der Waals surface area contributed by atoms with E-state index < -0.39 is 22.7 Å². The highest BCUT2D eigenvalue weighted by Gasteiger charge is 2.48. The smallest absolute Gasteiger partial charge is 0.301 e. The molecule has 1 unspecified atom stereocenters. The van der Waals surface area contributed by atoms with Crippen LogP contribution < -0.4 is 9.64 Å². The minimum absolute atomic E-state index is 0.171. The zero-order chi connectivity index (χ0) is 22.8. The molecule has 0 aliphatic carbocycles. The Balaban J connectivity index is 1.90. The van der Waals surface area contributed by atoms with Crippen LogP contribution in [0.5, 0.6) is 5.75 Å². The summed E-state index contributed by atoms with van der Waals surface area (Å²) in [6.07, 6.45) is 1.48. The molecule has 3 aromatic rings. The molecule has 9 nitrogen and oxygen atoms in total. The van der Waals surface area contributed by atoms with Crippen LogP contribution in [0.2, 0.25) is 0 Å². The van der Waals surface area contributed by atoms with Crippen LogP contribution in [0, 0.1) is 10.1 Å². The van der Waals surface area contributed by atoms with Crippen molar-refractivity contribution < 1.29 is 24.4 Å². The van der Waals surface area contributed by atoms with Crippen LogP contribution >= 0.6 is 11.3 Å². The number of amides is 1. The van der Waals surface area contributed by atoms with Crippen molar-refractivity contribution in [1.29, 1.82) is 0 Å². The fourth-order valence-electron chi connectivity index (χ4n) is 3.52. The number of aliphatic hydroxyl groups excluding tert-OH is 1. The Morgan fingerprint density at radius 1 is 1.25 bits per heavy atom. The number of anilines is 1. The Labute approximate surface area is 186 Å². The van der Waals surface area contributed by atoms with Crippen molar-refractivity contribution in [2.75, 3.05) is 11.5 Å². The molecule has 1 aliphatic rings. The summed E-state index contributed by atoms with van der Waals surface area (Å²) in [6.45, 7) is 2.31. The van der Waals surface area contributed by atoms with E-state index in [9.17, 15) is 24.8 Å². The molecule has 32 heavy (non-hydrogen) atoms. The van der Waals surface area contributed by atoms with E-state index in [1.807, 2.05) is 6.92 Å². The van der Waals surface area contributed by atoms with Crippen molar-refractivity contribution in [3.63, 3.8) is 0 Å². The number of thiazole rings is 1. The number of rotatable bonds is 6. The molecule has 0 spiro atoms. The van der Waals surface area contributed by atoms with E-state index in [2.05, 4.69) is 4.98 Å². The summed E-state index contributed by atoms with van der Waals surface area (Å²) < 4.78 is 5.40. The summed E-state index contributed by atoms with van der Waals surface area (Å²) in [7, 11) is 0. The lowest BCUT2D eigenvalue weighted by Gasteiger charge is -2.22. The van der Waals surface area contributed by atoms with Gasteiger partial charge in [-0.25, -0.2) is 4.98 Å². The minimum atomic E-state index is -1.08. The van der Waals surface area contributed by atoms with Crippen molar-refractivity contribution in [3.05, 3.63) is 86.9 Å². The molecule has 2 heterocycles. The van der Waals surface area contributed by atoms with Gasteiger partial charge >= 0.3 is 5.91 Å². The number of aliphatic hydroxyl groups is 1. The largest absolute Gasteiger partial charge is 0.507 e. The molecule has 1 fully saturated rings. The number of ether oxygens (including phenoxy) is 1. The van der Waals surface area contributed by atoms with Gasteiger partial charge in [-0.15, -0.1) is 11.3 Å². The summed E-state index contributed by atoms with van der Waals surface area (Å²) in [5.41, 5.74) is 0.241. The molecule has 1 atom stereocenters. The fourth-order valence-corrected chi connectivity index (χ4v) is 4.19. The SMILES string of the molecule is CCOc1ccc(/C(O)=C2\C(=O)C(=O)N(c3nccs3)C2c2cccc([N+](=O)[O-])c2)cc1. The van der Waals surface area contributed by atoms with Crippen LogP contribution in [0.3, 0.4) is 0 Å². The number of aromatic nitrogens is 1. The molecule has 0 bridgehead atoms. The lowest BCUT2D eigenvalue weighted by molar-refractivity contribution is -0.384. The number of hydrogen-bond acceptors (Lipinski definition) is 8. The van der Waals surface area contributed by atoms with Gasteiger partial charge < -0.3 is 9.84 Å². The van der Waals surface area contributed by atoms with Gasteiger partial charge in [0.2, 0.25) is 0 Å². The second-order valence-electron chi connectivity index (χ2n) is 6.79. The third-order valence-electron chi connectivity index (χ3n) is 4.91. The van der Waals surface area contributed by atoms with Crippen molar-refractivity contribution >= 4 is 39.6 Å².